The monoisotopic (exact) mass is 377 g/mol. The average molecular weight is 379 g/mol. The molecule has 94 valence electrons. The molecular weight excluding hydrogens is 362 g/mol. The third-order valence-corrected chi connectivity index (χ3v) is 5.51. The van der Waals surface area contributed by atoms with Gasteiger partial charge in [-0.25, -0.2) is 0 Å². The summed E-state index contributed by atoms with van der Waals surface area (Å²) in [6.45, 7) is 6.90. The van der Waals surface area contributed by atoms with Crippen LogP contribution in [0.4, 0.5) is 5.69 Å². The standard InChI is InChI=1S/C13H17Br2NS/c1-13(2)9-16(5-6-17-13)12-4-3-10(8-14)7-11(12)15/h3-4,7H,5-6,8-9H2,1-2H3. The first-order valence-electron chi connectivity index (χ1n) is 5.75. The summed E-state index contributed by atoms with van der Waals surface area (Å²) in [6, 6.07) is 6.63. The summed E-state index contributed by atoms with van der Waals surface area (Å²) in [6.07, 6.45) is 0. The van der Waals surface area contributed by atoms with Crippen LogP contribution in [0, 0.1) is 0 Å². The van der Waals surface area contributed by atoms with E-state index in [1.165, 1.54) is 21.5 Å². The van der Waals surface area contributed by atoms with Crippen LogP contribution in [0.5, 0.6) is 0 Å². The lowest BCUT2D eigenvalue weighted by Gasteiger charge is -2.39. The fourth-order valence-corrected chi connectivity index (χ4v) is 4.25. The van der Waals surface area contributed by atoms with Crippen LogP contribution in [0.15, 0.2) is 22.7 Å². The molecule has 0 spiro atoms. The second kappa shape index (κ2) is 5.54. The van der Waals surface area contributed by atoms with E-state index in [1.807, 2.05) is 0 Å². The zero-order valence-corrected chi connectivity index (χ0v) is 14.2. The van der Waals surface area contributed by atoms with Gasteiger partial charge in [0.1, 0.15) is 0 Å². The van der Waals surface area contributed by atoms with Crippen LogP contribution in [0.2, 0.25) is 0 Å². The molecule has 1 aliphatic rings. The lowest BCUT2D eigenvalue weighted by atomic mass is 10.1. The molecule has 17 heavy (non-hydrogen) atoms. The van der Waals surface area contributed by atoms with Crippen LogP contribution >= 0.6 is 43.6 Å². The molecule has 4 heteroatoms. The lowest BCUT2D eigenvalue weighted by Crippen LogP contribution is -2.43. The van der Waals surface area contributed by atoms with Crippen LogP contribution in [-0.4, -0.2) is 23.6 Å². The number of rotatable bonds is 2. The normalized spacial score (nSPS) is 19.4. The molecule has 1 aromatic rings. The van der Waals surface area contributed by atoms with Crippen molar-refractivity contribution in [2.75, 3.05) is 23.7 Å². The molecule has 1 saturated heterocycles. The van der Waals surface area contributed by atoms with Gasteiger partial charge in [-0.1, -0.05) is 22.0 Å². The van der Waals surface area contributed by atoms with Gasteiger partial charge in [-0.05, 0) is 47.5 Å². The van der Waals surface area contributed by atoms with E-state index in [9.17, 15) is 0 Å². The third-order valence-electron chi connectivity index (χ3n) is 2.93. The highest BCUT2D eigenvalue weighted by atomic mass is 79.9. The van der Waals surface area contributed by atoms with Crippen molar-refractivity contribution in [2.45, 2.75) is 23.9 Å². The summed E-state index contributed by atoms with van der Waals surface area (Å²) in [7, 11) is 0. The van der Waals surface area contributed by atoms with Crippen molar-refractivity contribution in [3.05, 3.63) is 28.2 Å². The van der Waals surface area contributed by atoms with Gasteiger partial charge in [0.05, 0.1) is 5.69 Å². The Morgan fingerprint density at radius 1 is 1.41 bits per heavy atom. The van der Waals surface area contributed by atoms with Gasteiger partial charge in [0, 0.05) is 33.4 Å². The van der Waals surface area contributed by atoms with E-state index in [4.69, 9.17) is 0 Å². The zero-order chi connectivity index (χ0) is 12.5. The number of nitrogens with zero attached hydrogens (tertiary/aromatic N) is 1. The maximum Gasteiger partial charge on any atom is 0.0511 e. The number of hydrogen-bond donors (Lipinski definition) is 0. The van der Waals surface area contributed by atoms with Crippen LogP contribution in [0.25, 0.3) is 0 Å². The Balaban J connectivity index is 2.22. The van der Waals surface area contributed by atoms with Crippen LogP contribution in [-0.2, 0) is 5.33 Å². The van der Waals surface area contributed by atoms with Crippen molar-refractivity contribution < 1.29 is 0 Å². The summed E-state index contributed by atoms with van der Waals surface area (Å²) in [5, 5.41) is 0.910. The molecule has 0 aromatic heterocycles. The number of hydrogen-bond acceptors (Lipinski definition) is 2. The summed E-state index contributed by atoms with van der Waals surface area (Å²) in [5.74, 6) is 1.21. The quantitative estimate of drug-likeness (QED) is 0.687. The smallest absolute Gasteiger partial charge is 0.0511 e. The fourth-order valence-electron chi connectivity index (χ4n) is 2.11. The molecule has 1 heterocycles. The van der Waals surface area contributed by atoms with Gasteiger partial charge < -0.3 is 4.90 Å². The van der Waals surface area contributed by atoms with E-state index in [1.54, 1.807) is 0 Å². The highest BCUT2D eigenvalue weighted by Gasteiger charge is 2.27. The minimum atomic E-state index is 0.353. The molecule has 0 atom stereocenters. The van der Waals surface area contributed by atoms with Gasteiger partial charge >= 0.3 is 0 Å². The van der Waals surface area contributed by atoms with Gasteiger partial charge in [-0.2, -0.15) is 11.8 Å². The molecule has 0 radical (unpaired) electrons. The first-order chi connectivity index (χ1) is 8.02. The molecular formula is C13H17Br2NS. The molecule has 0 saturated carbocycles. The van der Waals surface area contributed by atoms with E-state index in [0.717, 1.165) is 18.4 Å². The van der Waals surface area contributed by atoms with Crippen molar-refractivity contribution in [1.29, 1.82) is 0 Å². The molecule has 1 nitrogen and oxygen atoms in total. The lowest BCUT2D eigenvalue weighted by molar-refractivity contribution is 0.647. The predicted molar refractivity (Wildman–Crippen MR) is 85.5 cm³/mol. The van der Waals surface area contributed by atoms with E-state index < -0.39 is 0 Å². The first kappa shape index (κ1) is 13.8. The third kappa shape index (κ3) is 3.42. The highest BCUT2D eigenvalue weighted by Crippen LogP contribution is 2.35. The fraction of sp³-hybridized carbons (Fsp3) is 0.538. The minimum Gasteiger partial charge on any atom is -0.368 e. The topological polar surface area (TPSA) is 3.24 Å². The minimum absolute atomic E-state index is 0.353. The molecule has 0 unspecified atom stereocenters. The van der Waals surface area contributed by atoms with Gasteiger partial charge in [0.25, 0.3) is 0 Å². The summed E-state index contributed by atoms with van der Waals surface area (Å²) in [4.78, 5) is 2.48. The molecule has 1 aromatic carbocycles. The Hall–Kier alpha value is 0.330. The van der Waals surface area contributed by atoms with Crippen molar-refractivity contribution >= 4 is 49.3 Å². The SMILES string of the molecule is CC1(C)CN(c2ccc(CBr)cc2Br)CCS1. The Bertz CT molecular complexity index is 406. The number of alkyl halides is 1. The maximum atomic E-state index is 3.69. The van der Waals surface area contributed by atoms with Crippen LogP contribution < -0.4 is 4.90 Å². The Morgan fingerprint density at radius 3 is 2.76 bits per heavy atom. The number of halogens is 2. The van der Waals surface area contributed by atoms with Gasteiger partial charge in [0.2, 0.25) is 0 Å². The van der Waals surface area contributed by atoms with E-state index in [-0.39, 0.29) is 0 Å². The summed E-state index contributed by atoms with van der Waals surface area (Å²) < 4.78 is 1.56. The van der Waals surface area contributed by atoms with E-state index >= 15 is 0 Å². The molecule has 1 aliphatic heterocycles. The molecule has 0 N–H and O–H groups in total. The Morgan fingerprint density at radius 2 is 2.18 bits per heavy atom. The molecule has 2 rings (SSSR count). The zero-order valence-electron chi connectivity index (χ0n) is 10.2. The summed E-state index contributed by atoms with van der Waals surface area (Å²) in [5.41, 5.74) is 2.63. The van der Waals surface area contributed by atoms with Gasteiger partial charge in [-0.3, -0.25) is 0 Å². The van der Waals surface area contributed by atoms with E-state index in [0.29, 0.717) is 4.75 Å². The predicted octanol–water partition coefficient (Wildman–Crippen LogP) is 4.68. The van der Waals surface area contributed by atoms with Gasteiger partial charge in [0.15, 0.2) is 0 Å². The second-order valence-electron chi connectivity index (χ2n) is 4.95. The largest absolute Gasteiger partial charge is 0.368 e. The average Bonchev–Trinajstić information content (AvgIpc) is 2.27. The summed E-state index contributed by atoms with van der Waals surface area (Å²) >= 11 is 9.25. The van der Waals surface area contributed by atoms with Gasteiger partial charge in [-0.15, -0.1) is 0 Å². The van der Waals surface area contributed by atoms with Crippen molar-refractivity contribution in [1.82, 2.24) is 0 Å². The van der Waals surface area contributed by atoms with Crippen molar-refractivity contribution in [3.8, 4) is 0 Å². The van der Waals surface area contributed by atoms with Crippen molar-refractivity contribution in [3.63, 3.8) is 0 Å². The van der Waals surface area contributed by atoms with Crippen LogP contribution in [0.3, 0.4) is 0 Å². The Kier molecular flexibility index (Phi) is 4.48. The Labute approximate surface area is 125 Å². The number of anilines is 1. The van der Waals surface area contributed by atoms with Crippen molar-refractivity contribution in [2.24, 2.45) is 0 Å². The second-order valence-corrected chi connectivity index (χ2v) is 8.17. The van der Waals surface area contributed by atoms with Crippen LogP contribution in [0.1, 0.15) is 19.4 Å². The first-order valence-corrected chi connectivity index (χ1v) is 8.65. The molecule has 0 bridgehead atoms. The highest BCUT2D eigenvalue weighted by molar-refractivity contribution is 9.10. The van der Waals surface area contributed by atoms with E-state index in [2.05, 4.69) is 80.6 Å². The maximum absolute atomic E-state index is 3.69. The molecule has 0 aliphatic carbocycles. The molecule has 0 amide bonds. The number of thioether (sulfide) groups is 1. The number of benzene rings is 1. The molecule has 1 fully saturated rings.